The van der Waals surface area contributed by atoms with Gasteiger partial charge in [0.15, 0.2) is 0 Å². The number of carbonyl (C=O) groups excluding carboxylic acids is 1. The Morgan fingerprint density at radius 3 is 2.87 bits per heavy atom. The van der Waals surface area contributed by atoms with Crippen molar-refractivity contribution in [2.24, 2.45) is 0 Å². The monoisotopic (exact) mass is 345 g/mol. The molecular formula is C18H19NO2S2. The van der Waals surface area contributed by atoms with Gasteiger partial charge in [0.25, 0.3) is 5.91 Å². The molecule has 5 heteroatoms. The third-order valence-electron chi connectivity index (χ3n) is 3.82. The van der Waals surface area contributed by atoms with Crippen LogP contribution in [0.2, 0.25) is 0 Å². The Labute approximate surface area is 145 Å². The number of ether oxygens (including phenoxy) is 1. The predicted molar refractivity (Wildman–Crippen MR) is 98.2 cm³/mol. The first-order valence-corrected chi connectivity index (χ1v) is 9.71. The van der Waals surface area contributed by atoms with Crippen LogP contribution in [0.5, 0.6) is 5.75 Å². The molecule has 0 saturated heterocycles. The van der Waals surface area contributed by atoms with Gasteiger partial charge in [0.1, 0.15) is 5.75 Å². The summed E-state index contributed by atoms with van der Waals surface area (Å²) in [5.41, 5.74) is 1.61. The molecule has 3 nitrogen and oxygen atoms in total. The van der Waals surface area contributed by atoms with Gasteiger partial charge in [0.2, 0.25) is 0 Å². The number of para-hydroxylation sites is 1. The number of hydrogen-bond donors (Lipinski definition) is 0. The molecule has 2 aromatic rings. The van der Waals surface area contributed by atoms with Gasteiger partial charge < -0.3 is 9.64 Å². The lowest BCUT2D eigenvalue weighted by atomic mass is 10.1. The third-order valence-corrected chi connectivity index (χ3v) is 5.70. The minimum Gasteiger partial charge on any atom is -0.496 e. The van der Waals surface area contributed by atoms with Crippen LogP contribution in [0.3, 0.4) is 0 Å². The smallest absolute Gasteiger partial charge is 0.262 e. The zero-order valence-electron chi connectivity index (χ0n) is 13.2. The number of benzene rings is 2. The van der Waals surface area contributed by atoms with Crippen molar-refractivity contribution in [3.63, 3.8) is 0 Å². The number of rotatable bonds is 3. The van der Waals surface area contributed by atoms with Crippen molar-refractivity contribution >= 4 is 35.1 Å². The van der Waals surface area contributed by atoms with Crippen molar-refractivity contribution in [1.29, 1.82) is 0 Å². The second-order valence-corrected chi connectivity index (χ2v) is 7.21. The lowest BCUT2D eigenvalue weighted by molar-refractivity contribution is 0.0983. The molecule has 2 aromatic carbocycles. The van der Waals surface area contributed by atoms with Crippen LogP contribution < -0.4 is 9.64 Å². The number of fused-ring (bicyclic) bond motifs is 1. The molecule has 0 spiro atoms. The zero-order valence-corrected chi connectivity index (χ0v) is 14.9. The number of carbonyl (C=O) groups is 1. The number of amides is 1. The summed E-state index contributed by atoms with van der Waals surface area (Å²) >= 11 is 3.45. The van der Waals surface area contributed by atoms with Gasteiger partial charge in [-0.3, -0.25) is 4.79 Å². The molecule has 1 aliphatic heterocycles. The molecule has 0 bridgehead atoms. The van der Waals surface area contributed by atoms with Gasteiger partial charge >= 0.3 is 0 Å². The number of methoxy groups -OCH3 is 1. The molecule has 0 saturated carbocycles. The Balaban J connectivity index is 2.00. The average molecular weight is 345 g/mol. The Morgan fingerprint density at radius 2 is 2.09 bits per heavy atom. The Bertz CT molecular complexity index is 718. The van der Waals surface area contributed by atoms with E-state index in [9.17, 15) is 4.79 Å². The van der Waals surface area contributed by atoms with Crippen molar-refractivity contribution in [2.45, 2.75) is 16.2 Å². The quantitative estimate of drug-likeness (QED) is 0.763. The van der Waals surface area contributed by atoms with Crippen LogP contribution in [0.25, 0.3) is 0 Å². The van der Waals surface area contributed by atoms with Gasteiger partial charge in [0, 0.05) is 16.3 Å². The standard InChI is InChI=1S/C18H19NO2S2/c1-21-16-12-13(22-2)8-9-14(16)18(20)19-10-5-11-23-17-7-4-3-6-15(17)19/h3-4,6-9,12H,5,10-11H2,1-2H3. The van der Waals surface area contributed by atoms with Crippen molar-refractivity contribution in [3.05, 3.63) is 48.0 Å². The summed E-state index contributed by atoms with van der Waals surface area (Å²) in [6.45, 7) is 0.732. The van der Waals surface area contributed by atoms with Crippen molar-refractivity contribution in [1.82, 2.24) is 0 Å². The van der Waals surface area contributed by atoms with E-state index in [-0.39, 0.29) is 5.91 Å². The van der Waals surface area contributed by atoms with Gasteiger partial charge in [-0.15, -0.1) is 23.5 Å². The highest BCUT2D eigenvalue weighted by Gasteiger charge is 2.24. The number of anilines is 1. The molecule has 1 amide bonds. The Morgan fingerprint density at radius 1 is 1.26 bits per heavy atom. The van der Waals surface area contributed by atoms with Gasteiger partial charge in [-0.2, -0.15) is 0 Å². The summed E-state index contributed by atoms with van der Waals surface area (Å²) in [5.74, 6) is 1.67. The first-order valence-electron chi connectivity index (χ1n) is 7.50. The van der Waals surface area contributed by atoms with Crippen molar-refractivity contribution in [3.8, 4) is 5.75 Å². The van der Waals surface area contributed by atoms with Crippen LogP contribution in [0.4, 0.5) is 5.69 Å². The van der Waals surface area contributed by atoms with Crippen LogP contribution in [-0.4, -0.2) is 31.6 Å². The lowest BCUT2D eigenvalue weighted by Crippen LogP contribution is -2.32. The summed E-state index contributed by atoms with van der Waals surface area (Å²) in [5, 5.41) is 0. The van der Waals surface area contributed by atoms with Crippen molar-refractivity contribution < 1.29 is 9.53 Å². The van der Waals surface area contributed by atoms with Crippen molar-refractivity contribution in [2.75, 3.05) is 30.6 Å². The average Bonchev–Trinajstić information content (AvgIpc) is 2.83. The fourth-order valence-corrected chi connectivity index (χ4v) is 4.08. The normalized spacial score (nSPS) is 14.1. The van der Waals surface area contributed by atoms with E-state index in [0.29, 0.717) is 11.3 Å². The largest absolute Gasteiger partial charge is 0.496 e. The molecular weight excluding hydrogens is 326 g/mol. The van der Waals surface area contributed by atoms with E-state index >= 15 is 0 Å². The summed E-state index contributed by atoms with van der Waals surface area (Å²) in [6.07, 6.45) is 2.99. The van der Waals surface area contributed by atoms with Gasteiger partial charge in [0.05, 0.1) is 18.4 Å². The summed E-state index contributed by atoms with van der Waals surface area (Å²) in [4.78, 5) is 17.3. The molecule has 0 radical (unpaired) electrons. The molecule has 0 aromatic heterocycles. The molecule has 1 heterocycles. The topological polar surface area (TPSA) is 29.5 Å². The summed E-state index contributed by atoms with van der Waals surface area (Å²) < 4.78 is 5.45. The SMILES string of the molecule is COc1cc(SC)ccc1C(=O)N1CCCSc2ccccc21. The number of hydrogen-bond acceptors (Lipinski definition) is 4. The molecule has 120 valence electrons. The minimum absolute atomic E-state index is 0.00412. The highest BCUT2D eigenvalue weighted by atomic mass is 32.2. The van der Waals surface area contributed by atoms with Gasteiger partial charge in [-0.1, -0.05) is 12.1 Å². The fourth-order valence-electron chi connectivity index (χ4n) is 2.66. The van der Waals surface area contributed by atoms with Crippen LogP contribution >= 0.6 is 23.5 Å². The third kappa shape index (κ3) is 3.35. The molecule has 0 unspecified atom stereocenters. The minimum atomic E-state index is 0.00412. The maximum absolute atomic E-state index is 13.1. The molecule has 1 aliphatic rings. The Hall–Kier alpha value is -1.59. The van der Waals surface area contributed by atoms with Crippen LogP contribution in [0.15, 0.2) is 52.3 Å². The Kier molecular flexibility index (Phi) is 5.18. The second kappa shape index (κ2) is 7.32. The molecule has 0 N–H and O–H groups in total. The van der Waals surface area contributed by atoms with Gasteiger partial charge in [-0.25, -0.2) is 0 Å². The molecule has 23 heavy (non-hydrogen) atoms. The van der Waals surface area contributed by atoms with E-state index in [0.717, 1.165) is 34.2 Å². The van der Waals surface area contributed by atoms with E-state index < -0.39 is 0 Å². The highest BCUT2D eigenvalue weighted by Crippen LogP contribution is 2.35. The maximum atomic E-state index is 13.1. The summed E-state index contributed by atoms with van der Waals surface area (Å²) in [7, 11) is 1.61. The van der Waals surface area contributed by atoms with E-state index in [1.807, 2.05) is 59.3 Å². The summed E-state index contributed by atoms with van der Waals surface area (Å²) in [6, 6.07) is 13.9. The van der Waals surface area contributed by atoms with Crippen LogP contribution in [-0.2, 0) is 0 Å². The fraction of sp³-hybridized carbons (Fsp3) is 0.278. The molecule has 0 aliphatic carbocycles. The molecule has 0 fully saturated rings. The van der Waals surface area contributed by atoms with E-state index in [1.165, 1.54) is 0 Å². The zero-order chi connectivity index (χ0) is 16.2. The molecule has 0 atom stereocenters. The van der Waals surface area contributed by atoms with E-state index in [4.69, 9.17) is 4.74 Å². The number of thioether (sulfide) groups is 2. The molecule has 3 rings (SSSR count). The van der Waals surface area contributed by atoms with Crippen LogP contribution in [0, 0.1) is 0 Å². The highest BCUT2D eigenvalue weighted by molar-refractivity contribution is 7.99. The van der Waals surface area contributed by atoms with E-state index in [2.05, 4.69) is 6.07 Å². The predicted octanol–water partition coefficient (Wildman–Crippen LogP) is 4.56. The van der Waals surface area contributed by atoms with E-state index in [1.54, 1.807) is 18.9 Å². The lowest BCUT2D eigenvalue weighted by Gasteiger charge is -2.23. The second-order valence-electron chi connectivity index (χ2n) is 5.19. The maximum Gasteiger partial charge on any atom is 0.262 e. The van der Waals surface area contributed by atoms with Crippen LogP contribution in [0.1, 0.15) is 16.8 Å². The van der Waals surface area contributed by atoms with Gasteiger partial charge in [-0.05, 0) is 48.8 Å². The number of nitrogens with zero attached hydrogens (tertiary/aromatic N) is 1. The first kappa shape index (κ1) is 16.3. The first-order chi connectivity index (χ1) is 11.2.